The third-order valence-corrected chi connectivity index (χ3v) is 4.24. The fraction of sp³-hybridized carbons (Fsp3) is 0.421. The molecule has 1 atom stereocenters. The lowest BCUT2D eigenvalue weighted by atomic mass is 10.2. The molecule has 3 rings (SSSR count). The van der Waals surface area contributed by atoms with Crippen molar-refractivity contribution in [2.75, 3.05) is 25.5 Å². The molecule has 1 aromatic carbocycles. The summed E-state index contributed by atoms with van der Waals surface area (Å²) in [6, 6.07) is 10.1. The van der Waals surface area contributed by atoms with E-state index in [1.54, 1.807) is 4.68 Å². The van der Waals surface area contributed by atoms with Gasteiger partial charge in [-0.25, -0.2) is 4.68 Å². The highest BCUT2D eigenvalue weighted by Gasteiger charge is 2.25. The van der Waals surface area contributed by atoms with Gasteiger partial charge in [0.1, 0.15) is 5.82 Å². The number of carbonyl (C=O) groups excluding carboxylic acids is 2. The Labute approximate surface area is 153 Å². The van der Waals surface area contributed by atoms with Crippen LogP contribution < -0.4 is 15.5 Å². The molecule has 0 radical (unpaired) electrons. The van der Waals surface area contributed by atoms with Gasteiger partial charge in [0.2, 0.25) is 0 Å². The van der Waals surface area contributed by atoms with Gasteiger partial charge >= 0.3 is 0 Å². The van der Waals surface area contributed by atoms with Crippen LogP contribution in [0.1, 0.15) is 24.1 Å². The Balaban J connectivity index is 1.60. The zero-order valence-electron chi connectivity index (χ0n) is 15.5. The predicted molar refractivity (Wildman–Crippen MR) is 99.5 cm³/mol. The second-order valence-electron chi connectivity index (χ2n) is 7.12. The summed E-state index contributed by atoms with van der Waals surface area (Å²) in [4.78, 5) is 25.1. The monoisotopic (exact) mass is 356 g/mol. The number of aromatic nitrogens is 2. The molecule has 1 aliphatic carbocycles. The summed E-state index contributed by atoms with van der Waals surface area (Å²) >= 11 is 0. The first kappa shape index (κ1) is 18.1. The molecule has 1 heterocycles. The second-order valence-corrected chi connectivity index (χ2v) is 7.12. The highest BCUT2D eigenvalue weighted by atomic mass is 16.2. The van der Waals surface area contributed by atoms with Crippen molar-refractivity contribution in [3.63, 3.8) is 0 Å². The van der Waals surface area contributed by atoms with E-state index in [2.05, 4.69) is 15.7 Å². The van der Waals surface area contributed by atoms with Crippen molar-refractivity contribution < 1.29 is 14.5 Å². The van der Waals surface area contributed by atoms with Crippen LogP contribution in [-0.2, 0) is 9.59 Å². The van der Waals surface area contributed by atoms with Crippen LogP contribution in [0.2, 0.25) is 0 Å². The zero-order chi connectivity index (χ0) is 18.7. The quantitative estimate of drug-likeness (QED) is 0.664. The lowest BCUT2D eigenvalue weighted by molar-refractivity contribution is -0.862. The van der Waals surface area contributed by atoms with Crippen molar-refractivity contribution in [1.29, 1.82) is 0 Å². The smallest absolute Gasteiger partial charge is 0.280 e. The van der Waals surface area contributed by atoms with Crippen molar-refractivity contribution in [3.8, 4) is 5.69 Å². The highest BCUT2D eigenvalue weighted by Crippen LogP contribution is 2.18. The van der Waals surface area contributed by atoms with E-state index in [1.165, 1.54) is 0 Å². The molecule has 7 heteroatoms. The fourth-order valence-corrected chi connectivity index (χ4v) is 2.78. The van der Waals surface area contributed by atoms with Crippen molar-refractivity contribution in [1.82, 2.24) is 15.1 Å². The van der Waals surface area contributed by atoms with Crippen molar-refractivity contribution >= 4 is 17.6 Å². The summed E-state index contributed by atoms with van der Waals surface area (Å²) < 4.78 is 1.72. The largest absolute Gasteiger partial charge is 0.348 e. The number of amides is 2. The Morgan fingerprint density at radius 1 is 1.15 bits per heavy atom. The van der Waals surface area contributed by atoms with E-state index in [0.717, 1.165) is 34.7 Å². The van der Waals surface area contributed by atoms with Gasteiger partial charge in [0.05, 0.1) is 18.4 Å². The maximum absolute atomic E-state index is 12.4. The van der Waals surface area contributed by atoms with Crippen LogP contribution in [-0.4, -0.2) is 47.8 Å². The van der Waals surface area contributed by atoms with Crippen LogP contribution >= 0.6 is 0 Å². The average molecular weight is 356 g/mol. The molecule has 1 aliphatic rings. The van der Waals surface area contributed by atoms with Gasteiger partial charge in [-0.3, -0.25) is 9.59 Å². The number of nitrogens with one attached hydrogen (secondary N) is 3. The molecule has 0 saturated heterocycles. The van der Waals surface area contributed by atoms with Crippen LogP contribution in [0, 0.1) is 13.8 Å². The minimum absolute atomic E-state index is 0.00154. The van der Waals surface area contributed by atoms with E-state index in [0.29, 0.717) is 18.4 Å². The molecule has 1 saturated carbocycles. The highest BCUT2D eigenvalue weighted by molar-refractivity contribution is 5.91. The molecular formula is C19H26N5O2+. The molecule has 138 valence electrons. The van der Waals surface area contributed by atoms with E-state index >= 15 is 0 Å². The minimum Gasteiger partial charge on any atom is -0.348 e. The number of hydrogen-bond acceptors (Lipinski definition) is 3. The number of anilines is 1. The number of aryl methyl sites for hydroxylation is 2. The van der Waals surface area contributed by atoms with Crippen molar-refractivity contribution in [2.24, 2.45) is 0 Å². The van der Waals surface area contributed by atoms with Crippen LogP contribution in [0.25, 0.3) is 5.69 Å². The Morgan fingerprint density at radius 2 is 1.81 bits per heavy atom. The van der Waals surface area contributed by atoms with E-state index < -0.39 is 0 Å². The molecule has 1 fully saturated rings. The van der Waals surface area contributed by atoms with Gasteiger partial charge in [-0.05, 0) is 38.8 Å². The summed E-state index contributed by atoms with van der Waals surface area (Å²) in [6.45, 7) is 4.43. The summed E-state index contributed by atoms with van der Waals surface area (Å²) in [5.74, 6) is 0.486. The Hall–Kier alpha value is -2.67. The lowest BCUT2D eigenvalue weighted by Gasteiger charge is -2.14. The van der Waals surface area contributed by atoms with Crippen LogP contribution in [0.15, 0.2) is 30.3 Å². The van der Waals surface area contributed by atoms with Gasteiger partial charge in [0.15, 0.2) is 13.1 Å². The number of benzene rings is 1. The van der Waals surface area contributed by atoms with Gasteiger partial charge in [-0.1, -0.05) is 17.7 Å². The molecule has 0 spiro atoms. The average Bonchev–Trinajstić information content (AvgIpc) is 3.29. The molecule has 1 unspecified atom stereocenters. The molecule has 0 bridgehead atoms. The van der Waals surface area contributed by atoms with Gasteiger partial charge < -0.3 is 15.5 Å². The third-order valence-electron chi connectivity index (χ3n) is 4.24. The van der Waals surface area contributed by atoms with Gasteiger partial charge in [-0.2, -0.15) is 5.10 Å². The second kappa shape index (κ2) is 7.70. The summed E-state index contributed by atoms with van der Waals surface area (Å²) in [6.07, 6.45) is 2.13. The number of rotatable bonds is 7. The van der Waals surface area contributed by atoms with Crippen LogP contribution in [0.4, 0.5) is 5.82 Å². The number of nitrogens with zero attached hydrogens (tertiary/aromatic N) is 2. The molecule has 2 aromatic rings. The van der Waals surface area contributed by atoms with Crippen LogP contribution in [0.3, 0.4) is 0 Å². The van der Waals surface area contributed by atoms with E-state index in [-0.39, 0.29) is 18.4 Å². The number of carbonyl (C=O) groups is 2. The normalized spacial score (nSPS) is 14.7. The summed E-state index contributed by atoms with van der Waals surface area (Å²) in [5.41, 5.74) is 2.88. The molecule has 0 aliphatic heterocycles. The number of quaternary nitrogens is 1. The third kappa shape index (κ3) is 4.92. The van der Waals surface area contributed by atoms with E-state index in [1.807, 2.05) is 51.2 Å². The number of hydrogen-bond donors (Lipinski definition) is 3. The fourth-order valence-electron chi connectivity index (χ4n) is 2.78. The maximum atomic E-state index is 12.4. The lowest BCUT2D eigenvalue weighted by Crippen LogP contribution is -3.11. The van der Waals surface area contributed by atoms with Gasteiger partial charge in [0, 0.05) is 12.1 Å². The first-order valence-electron chi connectivity index (χ1n) is 8.95. The summed E-state index contributed by atoms with van der Waals surface area (Å²) in [5, 5.41) is 10.3. The Bertz CT molecular complexity index is 793. The minimum atomic E-state index is -0.144. The molecule has 3 N–H and O–H groups in total. The predicted octanol–water partition coefficient (Wildman–Crippen LogP) is 0.221. The van der Waals surface area contributed by atoms with Gasteiger partial charge in [0.25, 0.3) is 11.8 Å². The first-order chi connectivity index (χ1) is 12.4. The zero-order valence-corrected chi connectivity index (χ0v) is 15.5. The first-order valence-corrected chi connectivity index (χ1v) is 8.95. The van der Waals surface area contributed by atoms with E-state index in [9.17, 15) is 9.59 Å². The Morgan fingerprint density at radius 3 is 2.46 bits per heavy atom. The molecule has 26 heavy (non-hydrogen) atoms. The molecular weight excluding hydrogens is 330 g/mol. The molecule has 7 nitrogen and oxygen atoms in total. The van der Waals surface area contributed by atoms with E-state index in [4.69, 9.17) is 0 Å². The summed E-state index contributed by atoms with van der Waals surface area (Å²) in [7, 11) is 1.84. The standard InChI is InChI=1S/C19H25N5O2/c1-13-4-8-16(9-5-13)24-17(10-14(2)22-24)21-19(26)12-23(3)11-18(25)20-15-6-7-15/h4-5,8-10,15H,6-7,11-12H2,1-3H3,(H,20,25)(H,21,26)/p+1. The number of likely N-dealkylation sites (N-methyl/N-ethyl adjacent to an activating group) is 1. The Kier molecular flexibility index (Phi) is 5.37. The molecule has 1 aromatic heterocycles. The SMILES string of the molecule is Cc1ccc(-n2nc(C)cc2NC(=O)C[NH+](C)CC(=O)NC2CC2)cc1. The van der Waals surface area contributed by atoms with Crippen LogP contribution in [0.5, 0.6) is 0 Å². The topological polar surface area (TPSA) is 80.5 Å². The maximum Gasteiger partial charge on any atom is 0.280 e. The van der Waals surface area contributed by atoms with Gasteiger partial charge in [-0.15, -0.1) is 0 Å². The molecule has 2 amide bonds. The van der Waals surface area contributed by atoms with Crippen molar-refractivity contribution in [2.45, 2.75) is 32.7 Å². The van der Waals surface area contributed by atoms with Crippen molar-refractivity contribution in [3.05, 3.63) is 41.6 Å².